The summed E-state index contributed by atoms with van der Waals surface area (Å²) in [5.74, 6) is 0.0265. The highest BCUT2D eigenvalue weighted by Crippen LogP contribution is 2.07. The maximum atomic E-state index is 10.6. The molecule has 1 amide bonds. The van der Waals surface area contributed by atoms with Gasteiger partial charge in [0.05, 0.1) is 0 Å². The maximum absolute atomic E-state index is 10.6. The summed E-state index contributed by atoms with van der Waals surface area (Å²) in [6.45, 7) is 8.32. The first-order valence-electron chi connectivity index (χ1n) is 4.99. The molecule has 0 bridgehead atoms. The zero-order valence-electron chi connectivity index (χ0n) is 9.98. The van der Waals surface area contributed by atoms with Gasteiger partial charge in [-0.2, -0.15) is 0 Å². The Kier molecular flexibility index (Phi) is 5.72. The van der Waals surface area contributed by atoms with Crippen molar-refractivity contribution in [2.45, 2.75) is 26.3 Å². The van der Waals surface area contributed by atoms with Crippen molar-refractivity contribution in [3.8, 4) is 0 Å². The Balaban J connectivity index is 3.49. The number of rotatable bonds is 6. The van der Waals surface area contributed by atoms with Crippen LogP contribution in [-0.4, -0.2) is 50.1 Å². The minimum absolute atomic E-state index is 0.0265. The summed E-state index contributed by atoms with van der Waals surface area (Å²) in [4.78, 5) is 12.7. The Morgan fingerprint density at radius 1 is 1.29 bits per heavy atom. The zero-order valence-corrected chi connectivity index (χ0v) is 9.98. The lowest BCUT2D eigenvalue weighted by atomic mass is 10.0. The first kappa shape index (κ1) is 13.4. The molecule has 0 aliphatic heterocycles. The molecule has 0 unspecified atom stereocenters. The topological polar surface area (TPSA) is 44.4 Å². The second kappa shape index (κ2) is 5.98. The van der Waals surface area contributed by atoms with E-state index in [0.29, 0.717) is 6.54 Å². The van der Waals surface area contributed by atoms with Crippen LogP contribution in [0.2, 0.25) is 0 Å². The summed E-state index contributed by atoms with van der Waals surface area (Å²) in [5, 5.41) is 6.05. The molecule has 0 aromatic heterocycles. The maximum Gasteiger partial charge on any atom is 0.216 e. The van der Waals surface area contributed by atoms with Gasteiger partial charge in [-0.1, -0.05) is 0 Å². The van der Waals surface area contributed by atoms with Crippen LogP contribution in [-0.2, 0) is 4.79 Å². The van der Waals surface area contributed by atoms with Crippen molar-refractivity contribution in [1.82, 2.24) is 15.5 Å². The molecule has 84 valence electrons. The van der Waals surface area contributed by atoms with E-state index in [-0.39, 0.29) is 11.4 Å². The summed E-state index contributed by atoms with van der Waals surface area (Å²) < 4.78 is 0. The number of amides is 1. The van der Waals surface area contributed by atoms with Crippen molar-refractivity contribution in [3.63, 3.8) is 0 Å². The number of hydrogen-bond acceptors (Lipinski definition) is 3. The lowest BCUT2D eigenvalue weighted by molar-refractivity contribution is -0.118. The van der Waals surface area contributed by atoms with Crippen LogP contribution >= 0.6 is 0 Å². The molecule has 0 aromatic carbocycles. The third-order valence-corrected chi connectivity index (χ3v) is 2.44. The smallest absolute Gasteiger partial charge is 0.216 e. The quantitative estimate of drug-likeness (QED) is 0.597. The van der Waals surface area contributed by atoms with Crippen LogP contribution in [0.5, 0.6) is 0 Å². The summed E-state index contributed by atoms with van der Waals surface area (Å²) in [7, 11) is 4.13. The monoisotopic (exact) mass is 201 g/mol. The fraction of sp³-hybridized carbons (Fsp3) is 0.900. The molecule has 0 atom stereocenters. The summed E-state index contributed by atoms with van der Waals surface area (Å²) in [6.07, 6.45) is 0. The molecule has 0 aromatic rings. The van der Waals surface area contributed by atoms with Gasteiger partial charge >= 0.3 is 0 Å². The van der Waals surface area contributed by atoms with E-state index in [1.807, 2.05) is 0 Å². The zero-order chi connectivity index (χ0) is 11.2. The molecule has 0 saturated heterocycles. The highest BCUT2D eigenvalue weighted by molar-refractivity contribution is 5.72. The SMILES string of the molecule is CC(=O)NCCNCC(C)(C)N(C)C. The fourth-order valence-electron chi connectivity index (χ4n) is 0.879. The van der Waals surface area contributed by atoms with Gasteiger partial charge in [0.15, 0.2) is 0 Å². The van der Waals surface area contributed by atoms with Crippen LogP contribution in [0.4, 0.5) is 0 Å². The van der Waals surface area contributed by atoms with E-state index in [1.165, 1.54) is 6.92 Å². The second-order valence-corrected chi connectivity index (χ2v) is 4.37. The molecule has 0 radical (unpaired) electrons. The average molecular weight is 201 g/mol. The van der Waals surface area contributed by atoms with Gasteiger partial charge in [-0.3, -0.25) is 4.79 Å². The van der Waals surface area contributed by atoms with Crippen molar-refractivity contribution in [1.29, 1.82) is 0 Å². The molecule has 0 saturated carbocycles. The van der Waals surface area contributed by atoms with Gasteiger partial charge in [-0.15, -0.1) is 0 Å². The van der Waals surface area contributed by atoms with Crippen molar-refractivity contribution >= 4 is 5.91 Å². The summed E-state index contributed by atoms with van der Waals surface area (Å²) in [5.41, 5.74) is 0.149. The lowest BCUT2D eigenvalue weighted by Gasteiger charge is -2.32. The van der Waals surface area contributed by atoms with E-state index in [0.717, 1.165) is 13.1 Å². The number of nitrogens with one attached hydrogen (secondary N) is 2. The first-order valence-corrected chi connectivity index (χ1v) is 4.99. The largest absolute Gasteiger partial charge is 0.355 e. The van der Waals surface area contributed by atoms with Crippen LogP contribution in [0.25, 0.3) is 0 Å². The van der Waals surface area contributed by atoms with E-state index in [1.54, 1.807) is 0 Å². The molecular weight excluding hydrogens is 178 g/mol. The average Bonchev–Trinajstić information content (AvgIpc) is 2.02. The predicted octanol–water partition coefficient (Wildman–Crippen LogP) is 0.0523. The predicted molar refractivity (Wildman–Crippen MR) is 59.3 cm³/mol. The third-order valence-electron chi connectivity index (χ3n) is 2.44. The van der Waals surface area contributed by atoms with Crippen molar-refractivity contribution in [2.24, 2.45) is 0 Å². The van der Waals surface area contributed by atoms with Gasteiger partial charge in [0.25, 0.3) is 0 Å². The molecule has 0 aliphatic rings. The van der Waals surface area contributed by atoms with E-state index < -0.39 is 0 Å². The Morgan fingerprint density at radius 3 is 2.29 bits per heavy atom. The van der Waals surface area contributed by atoms with Crippen LogP contribution in [0.15, 0.2) is 0 Å². The van der Waals surface area contributed by atoms with Gasteiger partial charge < -0.3 is 15.5 Å². The fourth-order valence-corrected chi connectivity index (χ4v) is 0.879. The number of hydrogen-bond donors (Lipinski definition) is 2. The standard InChI is InChI=1S/C10H23N3O/c1-9(14)12-7-6-11-8-10(2,3)13(4)5/h11H,6-8H2,1-5H3,(H,12,14). The second-order valence-electron chi connectivity index (χ2n) is 4.37. The number of carbonyl (C=O) groups excluding carboxylic acids is 1. The van der Waals surface area contributed by atoms with Gasteiger partial charge in [0, 0.05) is 32.1 Å². The molecule has 0 aliphatic carbocycles. The van der Waals surface area contributed by atoms with Gasteiger partial charge in [-0.05, 0) is 27.9 Å². The highest BCUT2D eigenvalue weighted by atomic mass is 16.1. The highest BCUT2D eigenvalue weighted by Gasteiger charge is 2.18. The van der Waals surface area contributed by atoms with Gasteiger partial charge in [-0.25, -0.2) is 0 Å². The third kappa shape index (κ3) is 5.94. The molecule has 0 fully saturated rings. The van der Waals surface area contributed by atoms with Gasteiger partial charge in [0.2, 0.25) is 5.91 Å². The molecule has 4 heteroatoms. The number of likely N-dealkylation sites (N-methyl/N-ethyl adjacent to an activating group) is 1. The van der Waals surface area contributed by atoms with Crippen LogP contribution < -0.4 is 10.6 Å². The number of nitrogens with zero attached hydrogens (tertiary/aromatic N) is 1. The first-order chi connectivity index (χ1) is 6.36. The van der Waals surface area contributed by atoms with Crippen LogP contribution in [0.3, 0.4) is 0 Å². The lowest BCUT2D eigenvalue weighted by Crippen LogP contribution is -2.47. The van der Waals surface area contributed by atoms with E-state index in [9.17, 15) is 4.79 Å². The molecular formula is C10H23N3O. The molecule has 0 heterocycles. The molecule has 14 heavy (non-hydrogen) atoms. The van der Waals surface area contributed by atoms with E-state index in [4.69, 9.17) is 0 Å². The van der Waals surface area contributed by atoms with Crippen LogP contribution in [0, 0.1) is 0 Å². The molecule has 2 N–H and O–H groups in total. The Hall–Kier alpha value is -0.610. The Labute approximate surface area is 87.0 Å². The van der Waals surface area contributed by atoms with Crippen molar-refractivity contribution in [3.05, 3.63) is 0 Å². The van der Waals surface area contributed by atoms with E-state index in [2.05, 4.69) is 43.5 Å². The minimum atomic E-state index is 0.0265. The Morgan fingerprint density at radius 2 is 1.86 bits per heavy atom. The Bertz CT molecular complexity index is 178. The van der Waals surface area contributed by atoms with Crippen molar-refractivity contribution in [2.75, 3.05) is 33.7 Å². The summed E-state index contributed by atoms with van der Waals surface area (Å²) >= 11 is 0. The number of carbonyl (C=O) groups is 1. The molecule has 0 spiro atoms. The van der Waals surface area contributed by atoms with Crippen molar-refractivity contribution < 1.29 is 4.79 Å². The minimum Gasteiger partial charge on any atom is -0.355 e. The molecule has 4 nitrogen and oxygen atoms in total. The summed E-state index contributed by atoms with van der Waals surface area (Å²) in [6, 6.07) is 0. The molecule has 0 rings (SSSR count). The van der Waals surface area contributed by atoms with Gasteiger partial charge in [0.1, 0.15) is 0 Å². The normalized spacial score (nSPS) is 11.9. The van der Waals surface area contributed by atoms with Crippen LogP contribution in [0.1, 0.15) is 20.8 Å². The van der Waals surface area contributed by atoms with E-state index >= 15 is 0 Å².